The predicted octanol–water partition coefficient (Wildman–Crippen LogP) is 2.45. The number of rotatable bonds is 4. The van der Waals surface area contributed by atoms with Crippen LogP contribution >= 0.6 is 0 Å². The van der Waals surface area contributed by atoms with Crippen LogP contribution in [0.5, 0.6) is 0 Å². The fourth-order valence-electron chi connectivity index (χ4n) is 2.98. The average Bonchev–Trinajstić information content (AvgIpc) is 3.20. The summed E-state index contributed by atoms with van der Waals surface area (Å²) in [6.45, 7) is 3.37. The molecule has 0 aliphatic carbocycles. The molecule has 0 bridgehead atoms. The van der Waals surface area contributed by atoms with Crippen LogP contribution in [0.2, 0.25) is 0 Å². The molecule has 0 aliphatic heterocycles. The van der Waals surface area contributed by atoms with E-state index < -0.39 is 17.4 Å². The maximum Gasteiger partial charge on any atom is 0.435 e. The second kappa shape index (κ2) is 6.95. The van der Waals surface area contributed by atoms with E-state index in [1.54, 1.807) is 13.8 Å². The van der Waals surface area contributed by atoms with Crippen molar-refractivity contribution in [1.29, 1.82) is 5.26 Å². The second-order valence-corrected chi connectivity index (χ2v) is 6.24. The van der Waals surface area contributed by atoms with Crippen LogP contribution in [0, 0.1) is 25.2 Å². The van der Waals surface area contributed by atoms with Crippen LogP contribution in [0.15, 0.2) is 15.5 Å². The molecular formula is C17H15F3N6O2. The fourth-order valence-corrected chi connectivity index (χ4v) is 2.98. The number of alkyl halides is 3. The van der Waals surface area contributed by atoms with E-state index in [1.807, 2.05) is 6.07 Å². The van der Waals surface area contributed by atoms with Crippen LogP contribution in [-0.2, 0) is 26.1 Å². The van der Waals surface area contributed by atoms with Crippen molar-refractivity contribution in [2.75, 3.05) is 0 Å². The van der Waals surface area contributed by atoms with Crippen LogP contribution in [0.25, 0.3) is 11.4 Å². The highest BCUT2D eigenvalue weighted by Gasteiger charge is 2.38. The lowest BCUT2D eigenvalue weighted by molar-refractivity contribution is -0.141. The van der Waals surface area contributed by atoms with Gasteiger partial charge in [-0.25, -0.2) is 0 Å². The van der Waals surface area contributed by atoms with E-state index in [4.69, 9.17) is 9.78 Å². The third-order valence-electron chi connectivity index (χ3n) is 4.32. The van der Waals surface area contributed by atoms with Gasteiger partial charge in [-0.3, -0.25) is 9.48 Å². The molecule has 8 nitrogen and oxygen atoms in total. The zero-order chi connectivity index (χ0) is 20.6. The summed E-state index contributed by atoms with van der Waals surface area (Å²) in [6.07, 6.45) is -2.88. The Kier molecular flexibility index (Phi) is 4.80. The first kappa shape index (κ1) is 19.3. The molecule has 0 saturated carbocycles. The minimum absolute atomic E-state index is 0.0250. The molecule has 146 valence electrons. The molecular weight excluding hydrogens is 377 g/mol. The number of nitrogens with zero attached hydrogens (tertiary/aromatic N) is 5. The van der Waals surface area contributed by atoms with Gasteiger partial charge in [-0.05, 0) is 31.4 Å². The normalized spacial score (nSPS) is 11.6. The fraction of sp³-hybridized carbons (Fsp3) is 0.353. The van der Waals surface area contributed by atoms with Gasteiger partial charge in [-0.2, -0.15) is 28.5 Å². The molecule has 0 atom stereocenters. The van der Waals surface area contributed by atoms with Crippen molar-refractivity contribution in [1.82, 2.24) is 24.9 Å². The second-order valence-electron chi connectivity index (χ2n) is 6.24. The molecule has 0 fully saturated rings. The van der Waals surface area contributed by atoms with Gasteiger partial charge in [0.25, 0.3) is 5.56 Å². The number of H-pyrrole nitrogens is 1. The van der Waals surface area contributed by atoms with Gasteiger partial charge in [0, 0.05) is 25.4 Å². The molecule has 11 heteroatoms. The standard InChI is InChI=1S/C17H15F3N6O2/c1-8-10(9(2)22-16(27)11(8)6-21)4-5-13-23-15(25-28-13)12-7-26(3)24-14(12)17(18,19)20/h7H,4-5H2,1-3H3,(H,22,27). The first-order valence-electron chi connectivity index (χ1n) is 8.18. The zero-order valence-electron chi connectivity index (χ0n) is 15.2. The first-order chi connectivity index (χ1) is 13.1. The summed E-state index contributed by atoms with van der Waals surface area (Å²) >= 11 is 0. The molecule has 0 spiro atoms. The number of nitrogens with one attached hydrogen (secondary N) is 1. The highest BCUT2D eigenvalue weighted by molar-refractivity contribution is 5.57. The molecule has 28 heavy (non-hydrogen) atoms. The van der Waals surface area contributed by atoms with Crippen LogP contribution in [-0.4, -0.2) is 24.9 Å². The van der Waals surface area contributed by atoms with E-state index in [-0.39, 0.29) is 29.3 Å². The number of halogens is 3. The smallest absolute Gasteiger partial charge is 0.339 e. The van der Waals surface area contributed by atoms with Gasteiger partial charge in [0.15, 0.2) is 5.69 Å². The molecule has 3 heterocycles. The Morgan fingerprint density at radius 2 is 2.04 bits per heavy atom. The molecule has 3 rings (SSSR count). The first-order valence-corrected chi connectivity index (χ1v) is 8.18. The Bertz CT molecular complexity index is 1130. The van der Waals surface area contributed by atoms with Crippen LogP contribution < -0.4 is 5.56 Å². The van der Waals surface area contributed by atoms with E-state index in [0.717, 1.165) is 10.2 Å². The minimum atomic E-state index is -4.64. The number of aryl methyl sites for hydroxylation is 3. The number of hydrogen-bond donors (Lipinski definition) is 1. The van der Waals surface area contributed by atoms with E-state index >= 15 is 0 Å². The Hall–Kier alpha value is -3.42. The van der Waals surface area contributed by atoms with Gasteiger partial charge in [0.1, 0.15) is 11.6 Å². The van der Waals surface area contributed by atoms with Gasteiger partial charge in [0.05, 0.1) is 5.56 Å². The highest BCUT2D eigenvalue weighted by atomic mass is 19.4. The molecule has 1 N–H and O–H groups in total. The van der Waals surface area contributed by atoms with Crippen molar-refractivity contribution in [3.63, 3.8) is 0 Å². The Morgan fingerprint density at radius 3 is 2.68 bits per heavy atom. The molecule has 0 saturated heterocycles. The summed E-state index contributed by atoms with van der Waals surface area (Å²) in [5.41, 5.74) is 0.104. The van der Waals surface area contributed by atoms with Crippen molar-refractivity contribution in [2.24, 2.45) is 7.05 Å². The summed E-state index contributed by atoms with van der Waals surface area (Å²) in [4.78, 5) is 18.4. The van der Waals surface area contributed by atoms with Gasteiger partial charge in [-0.15, -0.1) is 0 Å². The molecule has 0 aliphatic rings. The van der Waals surface area contributed by atoms with Crippen molar-refractivity contribution in [3.8, 4) is 17.5 Å². The van der Waals surface area contributed by atoms with Gasteiger partial charge < -0.3 is 9.51 Å². The molecule has 0 radical (unpaired) electrons. The molecule has 0 unspecified atom stereocenters. The summed E-state index contributed by atoms with van der Waals surface area (Å²) in [5, 5.41) is 16.2. The maximum absolute atomic E-state index is 13.1. The summed E-state index contributed by atoms with van der Waals surface area (Å²) in [5.74, 6) is -0.0708. The summed E-state index contributed by atoms with van der Waals surface area (Å²) < 4.78 is 45.4. The largest absolute Gasteiger partial charge is 0.435 e. The third kappa shape index (κ3) is 3.53. The summed E-state index contributed by atoms with van der Waals surface area (Å²) in [7, 11) is 1.37. The lowest BCUT2D eigenvalue weighted by atomic mass is 9.99. The SMILES string of the molecule is Cc1[nH]c(=O)c(C#N)c(C)c1CCc1nc(-c2cn(C)nc2C(F)(F)F)no1. The van der Waals surface area contributed by atoms with E-state index in [9.17, 15) is 18.0 Å². The van der Waals surface area contributed by atoms with Crippen molar-refractivity contribution >= 4 is 0 Å². The topological polar surface area (TPSA) is 113 Å². The quantitative estimate of drug-likeness (QED) is 0.730. The Morgan fingerprint density at radius 1 is 1.32 bits per heavy atom. The van der Waals surface area contributed by atoms with Crippen LogP contribution in [0.3, 0.4) is 0 Å². The van der Waals surface area contributed by atoms with Crippen molar-refractivity contribution in [3.05, 3.63) is 50.5 Å². The van der Waals surface area contributed by atoms with Crippen LogP contribution in [0.1, 0.15) is 34.0 Å². The predicted molar refractivity (Wildman–Crippen MR) is 90.2 cm³/mol. The van der Waals surface area contributed by atoms with Gasteiger partial charge >= 0.3 is 6.18 Å². The number of nitriles is 1. The van der Waals surface area contributed by atoms with Crippen LogP contribution in [0.4, 0.5) is 13.2 Å². The molecule has 0 aromatic carbocycles. The van der Waals surface area contributed by atoms with E-state index in [0.29, 0.717) is 17.7 Å². The number of hydrogen-bond acceptors (Lipinski definition) is 6. The molecule has 3 aromatic heterocycles. The lowest BCUT2D eigenvalue weighted by Gasteiger charge is -2.09. The Labute approximate surface area is 156 Å². The highest BCUT2D eigenvalue weighted by Crippen LogP contribution is 2.34. The van der Waals surface area contributed by atoms with E-state index in [1.165, 1.54) is 13.2 Å². The average molecular weight is 392 g/mol. The zero-order valence-corrected chi connectivity index (χ0v) is 15.2. The third-order valence-corrected chi connectivity index (χ3v) is 4.32. The minimum Gasteiger partial charge on any atom is -0.339 e. The lowest BCUT2D eigenvalue weighted by Crippen LogP contribution is -2.17. The van der Waals surface area contributed by atoms with Crippen molar-refractivity contribution in [2.45, 2.75) is 32.9 Å². The van der Waals surface area contributed by atoms with E-state index in [2.05, 4.69) is 20.2 Å². The van der Waals surface area contributed by atoms with Gasteiger partial charge in [0.2, 0.25) is 11.7 Å². The number of aromatic nitrogens is 5. The Balaban J connectivity index is 1.87. The van der Waals surface area contributed by atoms with Gasteiger partial charge in [-0.1, -0.05) is 5.16 Å². The molecule has 0 amide bonds. The monoisotopic (exact) mass is 392 g/mol. The number of pyridine rings is 1. The molecule has 3 aromatic rings. The van der Waals surface area contributed by atoms with Crippen molar-refractivity contribution < 1.29 is 17.7 Å². The number of aromatic amines is 1. The summed E-state index contributed by atoms with van der Waals surface area (Å²) in [6, 6.07) is 1.87. The maximum atomic E-state index is 13.1.